The Morgan fingerprint density at radius 2 is 1.10 bits per heavy atom. The molecule has 0 radical (unpaired) electrons. The number of benzene rings is 3. The molecule has 30 heavy (non-hydrogen) atoms. The highest BCUT2D eigenvalue weighted by Gasteiger charge is 2.18. The molecule has 0 amide bonds. The zero-order chi connectivity index (χ0) is 22.1. The van der Waals surface area contributed by atoms with Crippen LogP contribution in [0.15, 0.2) is 74.9 Å². The molecule has 0 spiro atoms. The summed E-state index contributed by atoms with van der Waals surface area (Å²) in [4.78, 5) is 0.142. The second-order valence-electron chi connectivity index (χ2n) is 6.96. The molecule has 0 aromatic heterocycles. The van der Waals surface area contributed by atoms with Gasteiger partial charge in [0, 0.05) is 10.2 Å². The lowest BCUT2D eigenvalue weighted by atomic mass is 10.1. The summed E-state index contributed by atoms with van der Waals surface area (Å²) < 4.78 is 56.4. The maximum absolute atomic E-state index is 12.8. The van der Waals surface area contributed by atoms with Crippen LogP contribution in [0.25, 0.3) is 0 Å². The minimum Gasteiger partial charge on any atom is -0.280 e. The third-order valence-corrected chi connectivity index (χ3v) is 7.75. The minimum atomic E-state index is -3.82. The van der Waals surface area contributed by atoms with Crippen LogP contribution in [-0.2, 0) is 20.0 Å². The smallest absolute Gasteiger partial charge is 0.261 e. The standard InChI is InChI=1S/C21H21BrN2O4S2/c1-14-12-15(2)21(16(3)13-14)24-30(27,28)20-10-6-18(7-11-20)23-29(25,26)19-8-4-17(22)5-9-19/h4-13,23-24H,1-3H3. The number of sulfonamides is 2. The van der Waals surface area contributed by atoms with Crippen LogP contribution < -0.4 is 9.44 Å². The van der Waals surface area contributed by atoms with E-state index in [0.29, 0.717) is 5.69 Å². The van der Waals surface area contributed by atoms with Crippen molar-refractivity contribution in [1.29, 1.82) is 0 Å². The van der Waals surface area contributed by atoms with Crippen molar-refractivity contribution in [2.45, 2.75) is 30.6 Å². The van der Waals surface area contributed by atoms with Gasteiger partial charge in [-0.15, -0.1) is 0 Å². The zero-order valence-corrected chi connectivity index (χ0v) is 19.8. The lowest BCUT2D eigenvalue weighted by Gasteiger charge is -2.15. The molecular formula is C21H21BrN2O4S2. The molecule has 0 aliphatic carbocycles. The number of nitrogens with one attached hydrogen (secondary N) is 2. The van der Waals surface area contributed by atoms with Crippen molar-refractivity contribution in [2.24, 2.45) is 0 Å². The van der Waals surface area contributed by atoms with Crippen molar-refractivity contribution in [3.63, 3.8) is 0 Å². The summed E-state index contributed by atoms with van der Waals surface area (Å²) >= 11 is 3.26. The van der Waals surface area contributed by atoms with E-state index in [0.717, 1.165) is 21.2 Å². The number of rotatable bonds is 6. The van der Waals surface area contributed by atoms with Crippen LogP contribution >= 0.6 is 15.9 Å². The Morgan fingerprint density at radius 1 is 0.667 bits per heavy atom. The van der Waals surface area contributed by atoms with Gasteiger partial charge in [0.25, 0.3) is 20.0 Å². The Bertz CT molecular complexity index is 1260. The number of hydrogen-bond donors (Lipinski definition) is 2. The van der Waals surface area contributed by atoms with E-state index in [-0.39, 0.29) is 15.5 Å². The van der Waals surface area contributed by atoms with Crippen molar-refractivity contribution in [2.75, 3.05) is 9.44 Å². The summed E-state index contributed by atoms with van der Waals surface area (Å²) in [5.74, 6) is 0. The first-order valence-electron chi connectivity index (χ1n) is 8.97. The number of anilines is 2. The van der Waals surface area contributed by atoms with Crippen LogP contribution in [0.4, 0.5) is 11.4 Å². The normalized spacial score (nSPS) is 11.9. The van der Waals surface area contributed by atoms with Gasteiger partial charge in [0.15, 0.2) is 0 Å². The number of halogens is 1. The Morgan fingerprint density at radius 3 is 1.60 bits per heavy atom. The van der Waals surface area contributed by atoms with Crippen molar-refractivity contribution < 1.29 is 16.8 Å². The second-order valence-corrected chi connectivity index (χ2v) is 11.2. The highest BCUT2D eigenvalue weighted by molar-refractivity contribution is 9.10. The lowest BCUT2D eigenvalue weighted by molar-refractivity contribution is 0.600. The maximum Gasteiger partial charge on any atom is 0.261 e. The summed E-state index contributed by atoms with van der Waals surface area (Å²) in [6.45, 7) is 5.64. The minimum absolute atomic E-state index is 0.0356. The quantitative estimate of drug-likeness (QED) is 0.491. The van der Waals surface area contributed by atoms with Gasteiger partial charge in [0.1, 0.15) is 0 Å². The van der Waals surface area contributed by atoms with Gasteiger partial charge in [0.05, 0.1) is 15.5 Å². The Hall–Kier alpha value is -2.36. The van der Waals surface area contributed by atoms with Gasteiger partial charge in [-0.05, 0) is 80.4 Å². The average molecular weight is 509 g/mol. The van der Waals surface area contributed by atoms with E-state index < -0.39 is 20.0 Å². The van der Waals surface area contributed by atoms with Crippen LogP contribution in [0.3, 0.4) is 0 Å². The van der Waals surface area contributed by atoms with Gasteiger partial charge >= 0.3 is 0 Å². The van der Waals surface area contributed by atoms with Gasteiger partial charge in [-0.2, -0.15) is 0 Å². The van der Waals surface area contributed by atoms with Crippen molar-refractivity contribution in [3.8, 4) is 0 Å². The predicted octanol–water partition coefficient (Wildman–Crippen LogP) is 4.98. The van der Waals surface area contributed by atoms with Gasteiger partial charge < -0.3 is 0 Å². The summed E-state index contributed by atoms with van der Waals surface area (Å²) in [6, 6.07) is 15.6. The third kappa shape index (κ3) is 5.03. The molecule has 158 valence electrons. The van der Waals surface area contributed by atoms with Gasteiger partial charge in [-0.25, -0.2) is 16.8 Å². The molecule has 9 heteroatoms. The molecule has 0 bridgehead atoms. The predicted molar refractivity (Wildman–Crippen MR) is 123 cm³/mol. The van der Waals surface area contributed by atoms with Crippen LogP contribution in [-0.4, -0.2) is 16.8 Å². The molecule has 0 saturated heterocycles. The topological polar surface area (TPSA) is 92.3 Å². The first-order chi connectivity index (χ1) is 14.0. The van der Waals surface area contributed by atoms with Crippen LogP contribution in [0.5, 0.6) is 0 Å². The molecule has 6 nitrogen and oxygen atoms in total. The van der Waals surface area contributed by atoms with E-state index in [4.69, 9.17) is 0 Å². The molecule has 0 atom stereocenters. The van der Waals surface area contributed by atoms with E-state index in [9.17, 15) is 16.8 Å². The molecule has 2 N–H and O–H groups in total. The third-order valence-electron chi connectivity index (χ3n) is 4.45. The fraction of sp³-hybridized carbons (Fsp3) is 0.143. The van der Waals surface area contributed by atoms with Crippen molar-refractivity contribution in [1.82, 2.24) is 0 Å². The van der Waals surface area contributed by atoms with Crippen molar-refractivity contribution >= 4 is 47.4 Å². The lowest BCUT2D eigenvalue weighted by Crippen LogP contribution is -2.15. The number of hydrogen-bond acceptors (Lipinski definition) is 4. The molecule has 0 aliphatic rings. The molecule has 0 unspecified atom stereocenters. The van der Waals surface area contributed by atoms with Crippen LogP contribution in [0.2, 0.25) is 0 Å². The Balaban J connectivity index is 1.82. The highest BCUT2D eigenvalue weighted by atomic mass is 79.9. The SMILES string of the molecule is Cc1cc(C)c(NS(=O)(=O)c2ccc(NS(=O)(=O)c3ccc(Br)cc3)cc2)c(C)c1. The molecule has 0 saturated carbocycles. The van der Waals surface area contributed by atoms with E-state index >= 15 is 0 Å². The Labute approximate surface area is 185 Å². The largest absolute Gasteiger partial charge is 0.280 e. The van der Waals surface area contributed by atoms with E-state index in [1.807, 2.05) is 32.9 Å². The monoisotopic (exact) mass is 508 g/mol. The second kappa shape index (κ2) is 8.41. The van der Waals surface area contributed by atoms with E-state index in [1.165, 1.54) is 36.4 Å². The Kier molecular flexibility index (Phi) is 6.26. The summed E-state index contributed by atoms with van der Waals surface area (Å²) in [6.07, 6.45) is 0. The van der Waals surface area contributed by atoms with E-state index in [2.05, 4.69) is 25.4 Å². The summed E-state index contributed by atoms with van der Waals surface area (Å²) in [5.41, 5.74) is 3.51. The molecule has 3 rings (SSSR count). The van der Waals surface area contributed by atoms with Crippen LogP contribution in [0.1, 0.15) is 16.7 Å². The average Bonchev–Trinajstić information content (AvgIpc) is 2.65. The van der Waals surface area contributed by atoms with Crippen LogP contribution in [0, 0.1) is 20.8 Å². The van der Waals surface area contributed by atoms with E-state index in [1.54, 1.807) is 12.1 Å². The molecular weight excluding hydrogens is 488 g/mol. The fourth-order valence-electron chi connectivity index (χ4n) is 3.06. The van der Waals surface area contributed by atoms with Gasteiger partial charge in [-0.3, -0.25) is 9.44 Å². The molecule has 0 fully saturated rings. The summed E-state index contributed by atoms with van der Waals surface area (Å²) in [7, 11) is -7.60. The first kappa shape index (κ1) is 22.3. The molecule has 0 heterocycles. The highest BCUT2D eigenvalue weighted by Crippen LogP contribution is 2.26. The molecule has 3 aromatic carbocycles. The van der Waals surface area contributed by atoms with Crippen molar-refractivity contribution in [3.05, 3.63) is 81.8 Å². The first-order valence-corrected chi connectivity index (χ1v) is 12.7. The fourth-order valence-corrected chi connectivity index (χ4v) is 5.59. The summed E-state index contributed by atoms with van der Waals surface area (Å²) in [5, 5.41) is 0. The number of aryl methyl sites for hydroxylation is 3. The van der Waals surface area contributed by atoms with Gasteiger partial charge in [0.2, 0.25) is 0 Å². The maximum atomic E-state index is 12.8. The van der Waals surface area contributed by atoms with Gasteiger partial charge in [-0.1, -0.05) is 33.6 Å². The molecule has 3 aromatic rings. The molecule has 0 aliphatic heterocycles. The zero-order valence-electron chi connectivity index (χ0n) is 16.6.